The first-order valence-electron chi connectivity index (χ1n) is 31.3. The highest BCUT2D eigenvalue weighted by Gasteiger charge is 2.40. The Bertz CT molecular complexity index is 3850. The van der Waals surface area contributed by atoms with E-state index in [4.69, 9.17) is 11.5 Å². The van der Waals surface area contributed by atoms with Gasteiger partial charge in [-0.2, -0.15) is 0 Å². The van der Waals surface area contributed by atoms with Crippen LogP contribution in [0, 0.1) is 0 Å². The number of hydrogen-bond donors (Lipinski definition) is 17. The van der Waals surface area contributed by atoms with Crippen molar-refractivity contribution in [3.05, 3.63) is 138 Å². The van der Waals surface area contributed by atoms with E-state index in [9.17, 15) is 58.2 Å². The van der Waals surface area contributed by atoms with E-state index in [1.165, 1.54) is 42.1 Å². The molecule has 7 aromatic rings. The van der Waals surface area contributed by atoms with Crippen LogP contribution in [0.1, 0.15) is 73.0 Å². The van der Waals surface area contributed by atoms with Crippen LogP contribution < -0.4 is 59.3 Å². The summed E-state index contributed by atoms with van der Waals surface area (Å²) >= 11 is 0. The van der Waals surface area contributed by atoms with Gasteiger partial charge in [0.25, 0.3) is 0 Å². The van der Waals surface area contributed by atoms with E-state index in [1.54, 1.807) is 54.9 Å². The van der Waals surface area contributed by atoms with Crippen molar-refractivity contribution in [2.24, 2.45) is 11.5 Å². The van der Waals surface area contributed by atoms with Crippen molar-refractivity contribution in [3.8, 4) is 5.75 Å². The van der Waals surface area contributed by atoms with Gasteiger partial charge in [-0.25, -0.2) is 9.97 Å². The number of primary amides is 1. The van der Waals surface area contributed by atoms with Crippen LogP contribution in [0.15, 0.2) is 110 Å². The number of aromatic amines is 4. The summed E-state index contributed by atoms with van der Waals surface area (Å²) in [4.78, 5) is 175. The molecule has 502 valence electrons. The van der Waals surface area contributed by atoms with Crippen LogP contribution in [-0.4, -0.2) is 191 Å². The number of likely N-dealkylation sites (tertiary alicyclic amines) is 1. The van der Waals surface area contributed by atoms with E-state index in [1.807, 2.05) is 18.2 Å². The SMILES string of the molecule is NCCCC[C@@H](NC(=O)[C@H](Cc1cnc[nH]1)NC(=O)[C@H](CO)NC(=O)[C@H](Cc1c[nH]c2ccccc12)NC(=O)[C@H](Cc1cnc[nH]1)NC(=O)[C@@H]1CCC(=O)N1)C(=O)N[C@@H](Cc1c[nH]c2ccccc12)C(=O)N[C@@H](Cc1ccc(O)cc1)C(=O)N1CCC[C@H]1C(=O)NCC(N)=O. The molecule has 4 aromatic heterocycles. The molecule has 0 radical (unpaired) electrons. The summed E-state index contributed by atoms with van der Waals surface area (Å²) < 4.78 is 0. The van der Waals surface area contributed by atoms with Gasteiger partial charge < -0.3 is 94.4 Å². The number of imidazole rings is 2. The van der Waals surface area contributed by atoms with Gasteiger partial charge in [0.2, 0.25) is 65.0 Å². The Kier molecular flexibility index (Phi) is 23.4. The van der Waals surface area contributed by atoms with Gasteiger partial charge in [0.05, 0.1) is 25.8 Å². The maximum atomic E-state index is 15.1. The molecule has 0 aliphatic carbocycles. The number of benzene rings is 3. The molecule has 31 nitrogen and oxygen atoms in total. The predicted molar refractivity (Wildman–Crippen MR) is 342 cm³/mol. The van der Waals surface area contributed by atoms with Gasteiger partial charge in [-0.3, -0.25) is 52.7 Å². The molecule has 9 rings (SSSR count). The highest BCUT2D eigenvalue weighted by Crippen LogP contribution is 2.24. The third-order valence-corrected chi connectivity index (χ3v) is 16.7. The number of nitrogens with one attached hydrogen (secondary N) is 13. The Hall–Kier alpha value is -11.0. The molecule has 0 bridgehead atoms. The lowest BCUT2D eigenvalue weighted by molar-refractivity contribution is -0.142. The van der Waals surface area contributed by atoms with Crippen molar-refractivity contribution in [3.63, 3.8) is 0 Å². The van der Waals surface area contributed by atoms with Crippen molar-refractivity contribution in [1.29, 1.82) is 0 Å². The van der Waals surface area contributed by atoms with E-state index < -0.39 is 127 Å². The zero-order chi connectivity index (χ0) is 67.5. The number of nitrogens with zero attached hydrogens (tertiary/aromatic N) is 3. The standard InChI is InChI=1S/C64H78N18O13/c65-20-6-5-12-45(56(87)76-47(23-36-27-69-43-10-3-1-8-41(36)43)58(89)80-51(22-35-14-16-40(84)17-15-35)64(95)82-21-7-13-53(82)63(94)71-31-54(66)85)75-60(91)49(25-38-29-67-33-72-38)79-62(93)52(32-83)81-59(90)48(24-37-28-70-44-11-4-2-9-42(37)44)77-61(92)50(26-39-30-68-34-73-39)78-57(88)46-18-19-55(86)74-46/h1-4,8-11,14-17,27-30,33-34,45-53,69-70,83-84H,5-7,12-13,18-26,31-32,65H2,(H2,66,85)(H,67,72)(H,68,73)(H,71,94)(H,74,86)(H,75,91)(H,76,87)(H,77,92)(H,78,88)(H,79,93)(H,80,89)(H,81,90)/t45-,46+,47+,48+,49+,50+,51+,52+,53+/m1/s1. The van der Waals surface area contributed by atoms with Gasteiger partial charge in [-0.05, 0) is 86.0 Å². The number of aliphatic hydroxyl groups excluding tert-OH is 1. The fourth-order valence-corrected chi connectivity index (χ4v) is 11.6. The van der Waals surface area contributed by atoms with Crippen LogP contribution >= 0.6 is 0 Å². The first-order valence-corrected chi connectivity index (χ1v) is 31.3. The Morgan fingerprint density at radius 3 is 1.60 bits per heavy atom. The average Bonchev–Trinajstić information content (AvgIpc) is 2.19. The first-order chi connectivity index (χ1) is 45.8. The predicted octanol–water partition coefficient (Wildman–Crippen LogP) is -2.30. The summed E-state index contributed by atoms with van der Waals surface area (Å²) in [6, 6.07) is 8.05. The van der Waals surface area contributed by atoms with Crippen molar-refractivity contribution in [2.45, 2.75) is 131 Å². The van der Waals surface area contributed by atoms with Crippen LogP contribution in [0.25, 0.3) is 21.8 Å². The number of aromatic nitrogens is 6. The number of aromatic hydroxyl groups is 1. The third-order valence-electron chi connectivity index (χ3n) is 16.7. The lowest BCUT2D eigenvalue weighted by Gasteiger charge is -2.30. The fourth-order valence-electron chi connectivity index (χ4n) is 11.6. The smallest absolute Gasteiger partial charge is 0.246 e. The second kappa shape index (κ2) is 32.6. The van der Waals surface area contributed by atoms with E-state index in [0.717, 1.165) is 0 Å². The number of nitrogens with two attached hydrogens (primary N) is 2. The summed E-state index contributed by atoms with van der Waals surface area (Å²) in [5, 5.41) is 46.4. The Morgan fingerprint density at radius 2 is 1.08 bits per heavy atom. The Balaban J connectivity index is 0.953. The van der Waals surface area contributed by atoms with E-state index >= 15 is 4.79 Å². The molecule has 95 heavy (non-hydrogen) atoms. The molecule has 0 saturated carbocycles. The first kappa shape index (κ1) is 68.4. The number of para-hydroxylation sites is 2. The molecule has 2 fully saturated rings. The van der Waals surface area contributed by atoms with Gasteiger partial charge >= 0.3 is 0 Å². The van der Waals surface area contributed by atoms with Crippen molar-refractivity contribution in [2.75, 3.05) is 26.2 Å². The second-order valence-electron chi connectivity index (χ2n) is 23.5. The average molecular weight is 1310 g/mol. The number of carbonyl (C=O) groups is 11. The zero-order valence-electron chi connectivity index (χ0n) is 51.8. The number of aliphatic hydroxyl groups is 1. The summed E-state index contributed by atoms with van der Waals surface area (Å²) in [5.74, 6) is -8.55. The summed E-state index contributed by atoms with van der Waals surface area (Å²) in [6.07, 6.45) is 9.61. The zero-order valence-corrected chi connectivity index (χ0v) is 51.8. The van der Waals surface area contributed by atoms with E-state index in [-0.39, 0.29) is 89.0 Å². The minimum atomic E-state index is -1.78. The number of fused-ring (bicyclic) bond motifs is 2. The van der Waals surface area contributed by atoms with Crippen LogP contribution in [0.2, 0.25) is 0 Å². The van der Waals surface area contributed by atoms with Crippen molar-refractivity contribution < 1.29 is 63.0 Å². The van der Waals surface area contributed by atoms with E-state index in [2.05, 4.69) is 77.8 Å². The number of H-pyrrole nitrogens is 4. The lowest BCUT2D eigenvalue weighted by Crippen LogP contribution is -2.61. The molecule has 11 amide bonds. The molecule has 2 saturated heterocycles. The molecular weight excluding hydrogens is 1230 g/mol. The molecule has 0 spiro atoms. The van der Waals surface area contributed by atoms with Gasteiger partial charge in [-0.1, -0.05) is 48.5 Å². The maximum absolute atomic E-state index is 15.1. The topological polar surface area (TPSA) is 481 Å². The summed E-state index contributed by atoms with van der Waals surface area (Å²) in [5.41, 5.74) is 15.1. The van der Waals surface area contributed by atoms with Crippen LogP contribution in [0.5, 0.6) is 5.75 Å². The third kappa shape index (κ3) is 18.4. The number of unbranched alkanes of at least 4 members (excludes halogenated alkanes) is 1. The highest BCUT2D eigenvalue weighted by molar-refractivity contribution is 6.00. The van der Waals surface area contributed by atoms with Crippen molar-refractivity contribution in [1.82, 2.24) is 82.7 Å². The minimum Gasteiger partial charge on any atom is -0.508 e. The Labute approximate surface area is 543 Å². The molecule has 6 heterocycles. The number of hydrogen-bond acceptors (Lipinski definition) is 16. The van der Waals surface area contributed by atoms with Crippen LogP contribution in [-0.2, 0) is 84.8 Å². The minimum absolute atomic E-state index is 0.0422. The molecule has 9 atom stereocenters. The molecular formula is C64H78N18O13. The van der Waals surface area contributed by atoms with Crippen LogP contribution in [0.4, 0.5) is 0 Å². The number of carbonyl (C=O) groups excluding carboxylic acids is 11. The van der Waals surface area contributed by atoms with Gasteiger partial charge in [0.15, 0.2) is 0 Å². The highest BCUT2D eigenvalue weighted by atomic mass is 16.3. The molecule has 2 aliphatic heterocycles. The molecule has 19 N–H and O–H groups in total. The fraction of sp³-hybridized carbons (Fsp3) is 0.391. The van der Waals surface area contributed by atoms with Gasteiger partial charge in [0.1, 0.15) is 60.1 Å². The van der Waals surface area contributed by atoms with Crippen molar-refractivity contribution >= 4 is 86.8 Å². The lowest BCUT2D eigenvalue weighted by atomic mass is 10.0. The second-order valence-corrected chi connectivity index (χ2v) is 23.5. The molecule has 0 unspecified atom stereocenters. The quantitative estimate of drug-likeness (QED) is 0.0192. The monoisotopic (exact) mass is 1310 g/mol. The molecule has 31 heteroatoms. The number of amides is 11. The number of phenols is 1. The van der Waals surface area contributed by atoms with Gasteiger partial charge in [-0.15, -0.1) is 0 Å². The van der Waals surface area contributed by atoms with Gasteiger partial charge in [0, 0.05) is 103 Å². The largest absolute Gasteiger partial charge is 0.508 e. The maximum Gasteiger partial charge on any atom is 0.246 e. The summed E-state index contributed by atoms with van der Waals surface area (Å²) in [6.45, 7) is -1.16. The molecule has 2 aliphatic rings. The Morgan fingerprint density at radius 1 is 0.579 bits per heavy atom. The number of phenolic OH excluding ortho intramolecular Hbond substituents is 1. The van der Waals surface area contributed by atoms with E-state index in [0.29, 0.717) is 62.7 Å². The van der Waals surface area contributed by atoms with Crippen LogP contribution in [0.3, 0.4) is 0 Å². The summed E-state index contributed by atoms with van der Waals surface area (Å²) in [7, 11) is 0. The number of rotatable bonds is 33. The molecule has 3 aromatic carbocycles. The normalized spacial score (nSPS) is 16.7.